The molecular weight excluding hydrogens is 397 g/mol. The molecule has 1 N–H and O–H groups in total. The number of imidazole rings is 1. The van der Waals surface area contributed by atoms with E-state index in [9.17, 15) is 9.18 Å². The van der Waals surface area contributed by atoms with Crippen molar-refractivity contribution >= 4 is 23.1 Å². The van der Waals surface area contributed by atoms with Crippen LogP contribution in [0.2, 0.25) is 0 Å². The summed E-state index contributed by atoms with van der Waals surface area (Å²) in [5.74, 6) is 0.995. The zero-order chi connectivity index (χ0) is 21.5. The molecule has 162 valence electrons. The Morgan fingerprint density at radius 2 is 2.03 bits per heavy atom. The summed E-state index contributed by atoms with van der Waals surface area (Å²) in [6.07, 6.45) is 6.90. The first-order valence-corrected chi connectivity index (χ1v) is 10.7. The SMILES string of the molecule is Cc1cn2cc(NC(=O)c3cnc(N4CC(CN5CC[C@@H](F)C5)C4)cn3)cc(C)c2n1. The van der Waals surface area contributed by atoms with Crippen molar-refractivity contribution in [2.45, 2.75) is 26.4 Å². The van der Waals surface area contributed by atoms with Gasteiger partial charge in [0.1, 0.15) is 23.3 Å². The van der Waals surface area contributed by atoms with Crippen LogP contribution in [0.3, 0.4) is 0 Å². The number of aryl methyl sites for hydroxylation is 2. The second kappa shape index (κ2) is 7.88. The van der Waals surface area contributed by atoms with Gasteiger partial charge in [-0.1, -0.05) is 0 Å². The lowest BCUT2D eigenvalue weighted by atomic mass is 10.00. The lowest BCUT2D eigenvalue weighted by molar-refractivity contribution is 0.102. The van der Waals surface area contributed by atoms with Crippen LogP contribution < -0.4 is 10.2 Å². The van der Waals surface area contributed by atoms with E-state index >= 15 is 0 Å². The molecule has 1 amide bonds. The summed E-state index contributed by atoms with van der Waals surface area (Å²) in [5, 5.41) is 2.89. The van der Waals surface area contributed by atoms with Crippen LogP contribution in [0.1, 0.15) is 28.2 Å². The molecular formula is C22H26FN7O. The number of alkyl halides is 1. The Kier molecular flexibility index (Phi) is 5.05. The predicted octanol–water partition coefficient (Wildman–Crippen LogP) is 2.47. The van der Waals surface area contributed by atoms with Gasteiger partial charge in [0.25, 0.3) is 5.91 Å². The first-order chi connectivity index (χ1) is 14.9. The maximum absolute atomic E-state index is 13.3. The van der Waals surface area contributed by atoms with Gasteiger partial charge in [0.2, 0.25) is 0 Å². The van der Waals surface area contributed by atoms with E-state index in [-0.39, 0.29) is 11.6 Å². The van der Waals surface area contributed by atoms with Crippen LogP contribution in [0.15, 0.2) is 30.9 Å². The lowest BCUT2D eigenvalue weighted by Crippen LogP contribution is -2.51. The van der Waals surface area contributed by atoms with Crippen molar-refractivity contribution in [1.82, 2.24) is 24.3 Å². The summed E-state index contributed by atoms with van der Waals surface area (Å²) >= 11 is 0. The average Bonchev–Trinajstić information content (AvgIpc) is 3.29. The number of fused-ring (bicyclic) bond motifs is 1. The molecule has 0 aromatic carbocycles. The number of halogens is 1. The number of nitrogens with one attached hydrogen (secondary N) is 1. The van der Waals surface area contributed by atoms with Crippen LogP contribution >= 0.6 is 0 Å². The molecule has 2 aliphatic heterocycles. The van der Waals surface area contributed by atoms with E-state index in [4.69, 9.17) is 0 Å². The smallest absolute Gasteiger partial charge is 0.275 e. The molecule has 5 rings (SSSR count). The molecule has 1 atom stereocenters. The fourth-order valence-electron chi connectivity index (χ4n) is 4.45. The van der Waals surface area contributed by atoms with Crippen LogP contribution in [0.5, 0.6) is 0 Å². The zero-order valence-corrected chi connectivity index (χ0v) is 17.8. The maximum atomic E-state index is 13.3. The predicted molar refractivity (Wildman–Crippen MR) is 116 cm³/mol. The molecule has 3 aromatic heterocycles. The molecule has 9 heteroatoms. The van der Waals surface area contributed by atoms with Crippen LogP contribution in [-0.4, -0.2) is 69.1 Å². The van der Waals surface area contributed by atoms with Gasteiger partial charge in [0.05, 0.1) is 23.8 Å². The highest BCUT2D eigenvalue weighted by Gasteiger charge is 2.32. The molecule has 31 heavy (non-hydrogen) atoms. The van der Waals surface area contributed by atoms with Gasteiger partial charge >= 0.3 is 0 Å². The Balaban J connectivity index is 1.18. The first-order valence-electron chi connectivity index (χ1n) is 10.7. The molecule has 8 nitrogen and oxygen atoms in total. The molecule has 0 saturated carbocycles. The third kappa shape index (κ3) is 4.10. The minimum Gasteiger partial charge on any atom is -0.355 e. The third-order valence-electron chi connectivity index (χ3n) is 6.00. The molecule has 0 bridgehead atoms. The van der Waals surface area contributed by atoms with Crippen molar-refractivity contribution in [3.8, 4) is 0 Å². The Morgan fingerprint density at radius 3 is 2.74 bits per heavy atom. The Hall–Kier alpha value is -3.07. The summed E-state index contributed by atoms with van der Waals surface area (Å²) in [4.78, 5) is 30.2. The van der Waals surface area contributed by atoms with Crippen molar-refractivity contribution in [2.24, 2.45) is 5.92 Å². The molecule has 2 fully saturated rings. The zero-order valence-electron chi connectivity index (χ0n) is 17.8. The number of amides is 1. The summed E-state index contributed by atoms with van der Waals surface area (Å²) in [5.41, 5.74) is 3.73. The number of anilines is 2. The van der Waals surface area contributed by atoms with Gasteiger partial charge in [-0.25, -0.2) is 19.3 Å². The molecule has 0 aliphatic carbocycles. The number of carbonyl (C=O) groups is 1. The summed E-state index contributed by atoms with van der Waals surface area (Å²) in [6, 6.07) is 1.90. The van der Waals surface area contributed by atoms with E-state index in [1.165, 1.54) is 6.20 Å². The Bertz CT molecular complexity index is 1110. The topological polar surface area (TPSA) is 78.7 Å². The summed E-state index contributed by atoms with van der Waals surface area (Å²) < 4.78 is 15.2. The van der Waals surface area contributed by atoms with Gasteiger partial charge in [-0.05, 0) is 31.9 Å². The molecule has 5 heterocycles. The molecule has 0 spiro atoms. The second-order valence-corrected chi connectivity index (χ2v) is 8.66. The van der Waals surface area contributed by atoms with Gasteiger partial charge in [0, 0.05) is 51.0 Å². The maximum Gasteiger partial charge on any atom is 0.275 e. The van der Waals surface area contributed by atoms with E-state index in [0.717, 1.165) is 48.9 Å². The molecule has 2 aliphatic rings. The molecule has 2 saturated heterocycles. The average molecular weight is 423 g/mol. The van der Waals surface area contributed by atoms with E-state index < -0.39 is 6.17 Å². The van der Waals surface area contributed by atoms with Crippen LogP contribution in [0, 0.1) is 19.8 Å². The summed E-state index contributed by atoms with van der Waals surface area (Å²) in [6.45, 7) is 8.03. The van der Waals surface area contributed by atoms with E-state index in [2.05, 4.69) is 30.1 Å². The number of nitrogens with zero attached hydrogens (tertiary/aromatic N) is 6. The van der Waals surface area contributed by atoms with E-state index in [0.29, 0.717) is 24.6 Å². The van der Waals surface area contributed by atoms with Gasteiger partial charge < -0.3 is 14.6 Å². The molecule has 0 unspecified atom stereocenters. The van der Waals surface area contributed by atoms with Gasteiger partial charge in [-0.2, -0.15) is 0 Å². The van der Waals surface area contributed by atoms with Crippen molar-refractivity contribution in [1.29, 1.82) is 0 Å². The van der Waals surface area contributed by atoms with Crippen LogP contribution in [0.4, 0.5) is 15.9 Å². The normalized spacial score (nSPS) is 19.7. The second-order valence-electron chi connectivity index (χ2n) is 8.66. The number of aromatic nitrogens is 4. The highest BCUT2D eigenvalue weighted by Crippen LogP contribution is 2.25. The number of carbonyl (C=O) groups excluding carboxylic acids is 1. The Morgan fingerprint density at radius 1 is 1.19 bits per heavy atom. The number of hydrogen-bond acceptors (Lipinski definition) is 6. The minimum absolute atomic E-state index is 0.270. The Labute approximate surface area is 180 Å². The van der Waals surface area contributed by atoms with E-state index in [1.54, 1.807) is 6.20 Å². The molecule has 0 radical (unpaired) electrons. The minimum atomic E-state index is -0.671. The van der Waals surface area contributed by atoms with Gasteiger partial charge in [-0.3, -0.25) is 9.69 Å². The third-order valence-corrected chi connectivity index (χ3v) is 6.00. The van der Waals surface area contributed by atoms with Crippen molar-refractivity contribution in [3.05, 3.63) is 47.8 Å². The number of hydrogen-bond donors (Lipinski definition) is 1. The van der Waals surface area contributed by atoms with Gasteiger partial charge in [0.15, 0.2) is 0 Å². The van der Waals surface area contributed by atoms with Gasteiger partial charge in [-0.15, -0.1) is 0 Å². The summed E-state index contributed by atoms with van der Waals surface area (Å²) in [7, 11) is 0. The highest BCUT2D eigenvalue weighted by molar-refractivity contribution is 6.02. The van der Waals surface area contributed by atoms with Crippen molar-refractivity contribution in [2.75, 3.05) is 42.9 Å². The van der Waals surface area contributed by atoms with Crippen molar-refractivity contribution in [3.63, 3.8) is 0 Å². The quantitative estimate of drug-likeness (QED) is 0.679. The lowest BCUT2D eigenvalue weighted by Gasteiger charge is -2.41. The largest absolute Gasteiger partial charge is 0.355 e. The fourth-order valence-corrected chi connectivity index (χ4v) is 4.45. The first kappa shape index (κ1) is 19.9. The van der Waals surface area contributed by atoms with E-state index in [1.807, 2.05) is 36.7 Å². The highest BCUT2D eigenvalue weighted by atomic mass is 19.1. The van der Waals surface area contributed by atoms with Crippen LogP contribution in [-0.2, 0) is 0 Å². The number of likely N-dealkylation sites (tertiary alicyclic amines) is 1. The number of pyridine rings is 1. The van der Waals surface area contributed by atoms with Crippen LogP contribution in [0.25, 0.3) is 5.65 Å². The molecule has 3 aromatic rings. The standard InChI is InChI=1S/C22H26FN7O/c1-14-5-18(13-30-8-15(2)26-21(14)30)27-22(31)19-6-25-20(7-24-19)29-10-16(11-29)9-28-4-3-17(23)12-28/h5-8,13,16-17H,3-4,9-12H2,1-2H3,(H,27,31)/t17-/m1/s1. The monoisotopic (exact) mass is 423 g/mol. The number of rotatable bonds is 5. The van der Waals surface area contributed by atoms with Crippen molar-refractivity contribution < 1.29 is 9.18 Å². The fraction of sp³-hybridized carbons (Fsp3) is 0.455.